The first-order valence-electron chi connectivity index (χ1n) is 7.33. The van der Waals surface area contributed by atoms with Gasteiger partial charge in [-0.1, -0.05) is 24.3 Å². The third kappa shape index (κ3) is 3.28. The molecule has 1 N–H and O–H groups in total. The Bertz CT molecular complexity index is 807. The van der Waals surface area contributed by atoms with Crippen molar-refractivity contribution < 1.29 is 13.7 Å². The Labute approximate surface area is 132 Å². The topological polar surface area (TPSA) is 73.3 Å². The molecule has 0 aliphatic carbocycles. The largest absolute Gasteiger partial charge is 0.494 e. The maximum absolute atomic E-state index is 13.3. The Morgan fingerprint density at radius 1 is 1.17 bits per heavy atom. The maximum atomic E-state index is 13.3. The van der Waals surface area contributed by atoms with Crippen LogP contribution in [0.15, 0.2) is 40.1 Å². The third-order valence-corrected chi connectivity index (χ3v) is 3.91. The van der Waals surface area contributed by atoms with Crippen LogP contribution >= 0.6 is 0 Å². The molecular weight excluding hydrogens is 302 g/mol. The SMILES string of the molecule is CC1OB(c2ccc(Cn3cc(F)c(=O)[nH]c3=O)cc2)OC1C. The fourth-order valence-corrected chi connectivity index (χ4v) is 2.38. The Hall–Kier alpha value is -2.19. The summed E-state index contributed by atoms with van der Waals surface area (Å²) < 4.78 is 25.8. The van der Waals surface area contributed by atoms with Gasteiger partial charge in [-0.2, -0.15) is 4.39 Å². The highest BCUT2D eigenvalue weighted by Crippen LogP contribution is 2.15. The summed E-state index contributed by atoms with van der Waals surface area (Å²) >= 11 is 0. The van der Waals surface area contributed by atoms with Crippen LogP contribution in [-0.2, 0) is 15.9 Å². The average molecular weight is 318 g/mol. The minimum atomic E-state index is -1.01. The van der Waals surface area contributed by atoms with Crippen molar-refractivity contribution >= 4 is 12.6 Å². The van der Waals surface area contributed by atoms with Gasteiger partial charge in [0.15, 0.2) is 0 Å². The second-order valence-electron chi connectivity index (χ2n) is 5.62. The molecule has 8 heteroatoms. The van der Waals surface area contributed by atoms with Crippen LogP contribution in [0.1, 0.15) is 19.4 Å². The molecule has 2 atom stereocenters. The number of aromatic amines is 1. The highest BCUT2D eigenvalue weighted by atomic mass is 19.1. The van der Waals surface area contributed by atoms with Crippen LogP contribution in [-0.4, -0.2) is 28.9 Å². The van der Waals surface area contributed by atoms with Gasteiger partial charge < -0.3 is 9.31 Å². The van der Waals surface area contributed by atoms with E-state index >= 15 is 0 Å². The van der Waals surface area contributed by atoms with Crippen molar-refractivity contribution in [3.05, 3.63) is 62.7 Å². The van der Waals surface area contributed by atoms with E-state index in [1.807, 2.05) is 43.1 Å². The van der Waals surface area contributed by atoms with Crippen LogP contribution < -0.4 is 16.7 Å². The number of aromatic nitrogens is 2. The summed E-state index contributed by atoms with van der Waals surface area (Å²) in [5.74, 6) is -0.989. The fourth-order valence-electron chi connectivity index (χ4n) is 2.38. The molecule has 1 aromatic heterocycles. The van der Waals surface area contributed by atoms with Crippen molar-refractivity contribution in [3.63, 3.8) is 0 Å². The van der Waals surface area contributed by atoms with E-state index in [2.05, 4.69) is 0 Å². The molecule has 0 radical (unpaired) electrons. The van der Waals surface area contributed by atoms with Gasteiger partial charge >= 0.3 is 12.8 Å². The van der Waals surface area contributed by atoms with E-state index in [1.165, 1.54) is 0 Å². The van der Waals surface area contributed by atoms with Crippen LogP contribution in [0.5, 0.6) is 0 Å². The number of hydrogen-bond donors (Lipinski definition) is 1. The van der Waals surface area contributed by atoms with E-state index in [1.54, 1.807) is 0 Å². The van der Waals surface area contributed by atoms with Crippen molar-refractivity contribution in [1.82, 2.24) is 9.55 Å². The van der Waals surface area contributed by atoms with Crippen LogP contribution in [0.25, 0.3) is 0 Å². The Kier molecular flexibility index (Phi) is 4.19. The molecule has 0 spiro atoms. The molecule has 1 aliphatic rings. The lowest BCUT2D eigenvalue weighted by molar-refractivity contribution is 0.187. The minimum Gasteiger partial charge on any atom is -0.402 e. The van der Waals surface area contributed by atoms with Gasteiger partial charge in [0.05, 0.1) is 24.9 Å². The van der Waals surface area contributed by atoms with Crippen LogP contribution in [0.2, 0.25) is 0 Å². The molecule has 1 aromatic carbocycles. The van der Waals surface area contributed by atoms with Gasteiger partial charge in [-0.25, -0.2) is 4.79 Å². The molecule has 23 heavy (non-hydrogen) atoms. The lowest BCUT2D eigenvalue weighted by Crippen LogP contribution is -2.33. The highest BCUT2D eigenvalue weighted by molar-refractivity contribution is 6.61. The molecule has 2 unspecified atom stereocenters. The summed E-state index contributed by atoms with van der Waals surface area (Å²) in [6, 6.07) is 7.31. The molecule has 3 rings (SSSR count). The Morgan fingerprint density at radius 3 is 2.39 bits per heavy atom. The smallest absolute Gasteiger partial charge is 0.402 e. The average Bonchev–Trinajstić information content (AvgIpc) is 2.85. The molecule has 1 fully saturated rings. The first-order valence-corrected chi connectivity index (χ1v) is 7.33. The van der Waals surface area contributed by atoms with Gasteiger partial charge in [0.2, 0.25) is 5.82 Å². The van der Waals surface area contributed by atoms with E-state index in [4.69, 9.17) is 9.31 Å². The molecular formula is C15H16BFN2O4. The van der Waals surface area contributed by atoms with E-state index in [0.29, 0.717) is 0 Å². The number of hydrogen-bond acceptors (Lipinski definition) is 4. The number of benzene rings is 1. The van der Waals surface area contributed by atoms with E-state index in [9.17, 15) is 14.0 Å². The summed E-state index contributed by atoms with van der Waals surface area (Å²) in [7, 11) is -0.401. The predicted molar refractivity (Wildman–Crippen MR) is 83.3 cm³/mol. The second kappa shape index (κ2) is 6.13. The van der Waals surface area contributed by atoms with Crippen LogP contribution in [0, 0.1) is 5.82 Å². The van der Waals surface area contributed by atoms with Crippen molar-refractivity contribution in [3.8, 4) is 0 Å². The fraction of sp³-hybridized carbons (Fsp3) is 0.333. The minimum absolute atomic E-state index is 0.0300. The molecule has 2 heterocycles. The standard InChI is InChI=1S/C15H16BFN2O4/c1-9-10(2)23-16(22-9)12-5-3-11(4-6-12)7-19-8-13(17)14(20)18-15(19)21/h3-6,8-10H,7H2,1-2H3,(H,18,20,21). The van der Waals surface area contributed by atoms with E-state index in [0.717, 1.165) is 21.8 Å². The van der Waals surface area contributed by atoms with Gasteiger partial charge in [-0.3, -0.25) is 14.3 Å². The number of halogens is 1. The predicted octanol–water partition coefficient (Wildman–Crippen LogP) is 0.243. The quantitative estimate of drug-likeness (QED) is 0.823. The number of rotatable bonds is 3. The molecule has 1 aliphatic heterocycles. The lowest BCUT2D eigenvalue weighted by Gasteiger charge is -2.08. The number of nitrogens with zero attached hydrogens (tertiary/aromatic N) is 1. The zero-order valence-electron chi connectivity index (χ0n) is 12.8. The molecule has 120 valence electrons. The molecule has 0 saturated carbocycles. The van der Waals surface area contributed by atoms with Gasteiger partial charge in [0.1, 0.15) is 0 Å². The van der Waals surface area contributed by atoms with Gasteiger partial charge in [0, 0.05) is 0 Å². The Balaban J connectivity index is 1.77. The summed E-state index contributed by atoms with van der Waals surface area (Å²) in [4.78, 5) is 24.6. The van der Waals surface area contributed by atoms with Crippen molar-refractivity contribution in [2.75, 3.05) is 0 Å². The van der Waals surface area contributed by atoms with Gasteiger partial charge in [0.25, 0.3) is 5.56 Å². The zero-order chi connectivity index (χ0) is 16.6. The van der Waals surface area contributed by atoms with Gasteiger partial charge in [-0.15, -0.1) is 0 Å². The normalized spacial score (nSPS) is 20.9. The first-order chi connectivity index (χ1) is 10.9. The molecule has 0 bridgehead atoms. The maximum Gasteiger partial charge on any atom is 0.494 e. The second-order valence-corrected chi connectivity index (χ2v) is 5.62. The number of nitrogens with one attached hydrogen (secondary N) is 1. The zero-order valence-corrected chi connectivity index (χ0v) is 12.8. The van der Waals surface area contributed by atoms with Crippen molar-refractivity contribution in [2.45, 2.75) is 32.6 Å². The van der Waals surface area contributed by atoms with Crippen LogP contribution in [0.3, 0.4) is 0 Å². The third-order valence-electron chi connectivity index (χ3n) is 3.91. The lowest BCUT2D eigenvalue weighted by atomic mass is 9.79. The summed E-state index contributed by atoms with van der Waals surface area (Å²) in [5, 5.41) is 0. The summed E-state index contributed by atoms with van der Waals surface area (Å²) in [6.45, 7) is 4.07. The van der Waals surface area contributed by atoms with Crippen LogP contribution in [0.4, 0.5) is 4.39 Å². The van der Waals surface area contributed by atoms with E-state index in [-0.39, 0.29) is 18.8 Å². The molecule has 2 aromatic rings. The monoisotopic (exact) mass is 318 g/mol. The molecule has 0 amide bonds. The first kappa shape index (κ1) is 15.7. The van der Waals surface area contributed by atoms with Crippen molar-refractivity contribution in [1.29, 1.82) is 0 Å². The van der Waals surface area contributed by atoms with Gasteiger partial charge in [-0.05, 0) is 24.9 Å². The number of H-pyrrole nitrogens is 1. The molecule has 1 saturated heterocycles. The summed E-state index contributed by atoms with van der Waals surface area (Å²) in [5.41, 5.74) is 0.0114. The highest BCUT2D eigenvalue weighted by Gasteiger charge is 2.35. The Morgan fingerprint density at radius 2 is 1.78 bits per heavy atom. The van der Waals surface area contributed by atoms with Crippen molar-refractivity contribution in [2.24, 2.45) is 0 Å². The van der Waals surface area contributed by atoms with E-state index < -0.39 is 24.2 Å². The summed E-state index contributed by atoms with van der Waals surface area (Å²) in [6.07, 6.45) is 0.964. The molecule has 6 nitrogen and oxygen atoms in total.